The summed E-state index contributed by atoms with van der Waals surface area (Å²) in [6.45, 7) is 3.99. The van der Waals surface area contributed by atoms with E-state index in [0.29, 0.717) is 33.2 Å². The number of pyridine rings is 2. The Bertz CT molecular complexity index is 1860. The van der Waals surface area contributed by atoms with Crippen LogP contribution in [0, 0.1) is 26.2 Å². The van der Waals surface area contributed by atoms with Gasteiger partial charge in [0.1, 0.15) is 17.9 Å². The van der Waals surface area contributed by atoms with E-state index in [0.717, 1.165) is 28.0 Å². The first-order valence-electron chi connectivity index (χ1n) is 11.9. The van der Waals surface area contributed by atoms with Gasteiger partial charge in [-0.2, -0.15) is 0 Å². The van der Waals surface area contributed by atoms with Crippen LogP contribution in [0.2, 0.25) is 5.02 Å². The summed E-state index contributed by atoms with van der Waals surface area (Å²) in [4.78, 5) is 35.4. The molecule has 4 aromatic heterocycles. The van der Waals surface area contributed by atoms with Crippen LogP contribution in [0.15, 0.2) is 64.3 Å². The van der Waals surface area contributed by atoms with Crippen molar-refractivity contribution in [3.8, 4) is 29.4 Å². The van der Waals surface area contributed by atoms with Crippen LogP contribution in [0.3, 0.4) is 0 Å². The van der Waals surface area contributed by atoms with Crippen molar-refractivity contribution >= 4 is 22.5 Å². The van der Waals surface area contributed by atoms with Crippen LogP contribution in [0.1, 0.15) is 28.3 Å². The molecule has 0 aliphatic rings. The highest BCUT2D eigenvalue weighted by atomic mass is 35.5. The number of aromatic amines is 1. The van der Waals surface area contributed by atoms with Crippen molar-refractivity contribution in [3.63, 3.8) is 0 Å². The molecule has 1 N–H and O–H groups in total. The Kier molecular flexibility index (Phi) is 6.62. The zero-order valence-electron chi connectivity index (χ0n) is 21.1. The van der Waals surface area contributed by atoms with Crippen LogP contribution < -0.4 is 16.0 Å². The zero-order chi connectivity index (χ0) is 27.0. The molecule has 0 aliphatic heterocycles. The zero-order valence-corrected chi connectivity index (χ0v) is 21.8. The minimum absolute atomic E-state index is 0.106. The lowest BCUT2D eigenvalue weighted by Crippen LogP contribution is -2.29. The van der Waals surface area contributed by atoms with Crippen molar-refractivity contribution < 1.29 is 4.74 Å². The van der Waals surface area contributed by atoms with Crippen LogP contribution in [-0.4, -0.2) is 24.1 Å². The lowest BCUT2D eigenvalue weighted by molar-refractivity contribution is 0.307. The quantitative estimate of drug-likeness (QED) is 0.332. The third kappa shape index (κ3) is 4.72. The molecule has 0 saturated heterocycles. The van der Waals surface area contributed by atoms with Crippen LogP contribution in [0.4, 0.5) is 0 Å². The molecule has 38 heavy (non-hydrogen) atoms. The van der Waals surface area contributed by atoms with Crippen LogP contribution in [0.25, 0.3) is 22.2 Å². The van der Waals surface area contributed by atoms with Gasteiger partial charge in [-0.25, -0.2) is 9.78 Å². The van der Waals surface area contributed by atoms with Gasteiger partial charge in [-0.05, 0) is 44.2 Å². The average Bonchev–Trinajstić information content (AvgIpc) is 3.24. The standard InChI is InChI=1S/C29H24ClN5O3/c1-5-19-9-10-25(34(19)4)21-13-17(2)32-28-20(21)7-6-8-26(28)38-16-22-23(30)14-18(3)31-24(22)15-35-12-11-27(36)33-29(35)37/h1,6-14H,15-16H2,2-4H3,(H,33,36,37). The number of fused-ring (bicyclic) bond motifs is 1. The minimum Gasteiger partial charge on any atom is -0.486 e. The Morgan fingerprint density at radius 2 is 1.87 bits per heavy atom. The first kappa shape index (κ1) is 25.1. The predicted octanol–water partition coefficient (Wildman–Crippen LogP) is 4.36. The molecule has 0 fully saturated rings. The minimum atomic E-state index is -0.529. The second kappa shape index (κ2) is 10.0. The number of nitrogens with zero attached hydrogens (tertiary/aromatic N) is 4. The van der Waals surface area contributed by atoms with Gasteiger partial charge in [-0.3, -0.25) is 19.3 Å². The largest absolute Gasteiger partial charge is 0.486 e. The summed E-state index contributed by atoms with van der Waals surface area (Å²) in [7, 11) is 1.94. The number of benzene rings is 1. The van der Waals surface area contributed by atoms with Gasteiger partial charge in [0.15, 0.2) is 0 Å². The smallest absolute Gasteiger partial charge is 0.328 e. The van der Waals surface area contributed by atoms with E-state index in [1.165, 1.54) is 16.8 Å². The first-order valence-corrected chi connectivity index (χ1v) is 12.2. The molecule has 5 aromatic rings. The fraction of sp³-hybridized carbons (Fsp3) is 0.172. The number of ether oxygens (including phenoxy) is 1. The van der Waals surface area contributed by atoms with Gasteiger partial charge in [0.25, 0.3) is 5.56 Å². The van der Waals surface area contributed by atoms with E-state index in [-0.39, 0.29) is 13.2 Å². The van der Waals surface area contributed by atoms with Gasteiger partial charge in [-0.1, -0.05) is 29.7 Å². The highest BCUT2D eigenvalue weighted by molar-refractivity contribution is 6.31. The first-order chi connectivity index (χ1) is 18.2. The molecule has 0 saturated carbocycles. The van der Waals surface area contributed by atoms with E-state index in [2.05, 4.69) is 15.9 Å². The summed E-state index contributed by atoms with van der Waals surface area (Å²) in [5, 5.41) is 1.40. The number of aromatic nitrogens is 5. The normalized spacial score (nSPS) is 11.0. The van der Waals surface area contributed by atoms with Crippen LogP contribution >= 0.6 is 11.6 Å². The predicted molar refractivity (Wildman–Crippen MR) is 148 cm³/mol. The number of nitrogens with one attached hydrogen (secondary N) is 1. The van der Waals surface area contributed by atoms with Gasteiger partial charge >= 0.3 is 5.69 Å². The SMILES string of the molecule is C#Cc1ccc(-c2cc(C)nc3c(OCc4c(Cl)cc(C)nc4Cn4ccc(=O)[nH]c4=O)cccc23)n1C. The Hall–Kier alpha value is -4.61. The highest BCUT2D eigenvalue weighted by Gasteiger charge is 2.16. The van der Waals surface area contributed by atoms with Gasteiger partial charge in [0, 0.05) is 52.9 Å². The second-order valence-corrected chi connectivity index (χ2v) is 9.38. The second-order valence-electron chi connectivity index (χ2n) is 8.97. The maximum absolute atomic E-state index is 12.3. The molecular formula is C29H24ClN5O3. The molecule has 0 aliphatic carbocycles. The van der Waals surface area contributed by atoms with Crippen molar-refractivity contribution in [3.05, 3.63) is 109 Å². The number of H-pyrrole nitrogens is 1. The van der Waals surface area contributed by atoms with E-state index in [1.54, 1.807) is 6.07 Å². The number of hydrogen-bond donors (Lipinski definition) is 1. The third-order valence-corrected chi connectivity index (χ3v) is 6.69. The highest BCUT2D eigenvalue weighted by Crippen LogP contribution is 2.34. The van der Waals surface area contributed by atoms with Gasteiger partial charge in [0.05, 0.1) is 23.0 Å². The average molecular weight is 526 g/mol. The van der Waals surface area contributed by atoms with Crippen molar-refractivity contribution in [2.24, 2.45) is 7.05 Å². The van der Waals surface area contributed by atoms with Crippen LogP contribution in [0.5, 0.6) is 5.75 Å². The lowest BCUT2D eigenvalue weighted by Gasteiger charge is -2.16. The molecular weight excluding hydrogens is 502 g/mol. The van der Waals surface area contributed by atoms with E-state index in [9.17, 15) is 9.59 Å². The Morgan fingerprint density at radius 1 is 1.08 bits per heavy atom. The Balaban J connectivity index is 1.54. The molecule has 5 rings (SSSR count). The van der Waals surface area contributed by atoms with Gasteiger partial charge < -0.3 is 9.30 Å². The molecule has 4 heterocycles. The molecule has 8 nitrogen and oxygen atoms in total. The van der Waals surface area contributed by atoms with E-state index < -0.39 is 11.2 Å². The molecule has 0 unspecified atom stereocenters. The van der Waals surface area contributed by atoms with Crippen molar-refractivity contribution in [2.45, 2.75) is 27.0 Å². The Morgan fingerprint density at radius 3 is 2.61 bits per heavy atom. The molecule has 0 radical (unpaired) electrons. The fourth-order valence-electron chi connectivity index (χ4n) is 4.49. The van der Waals surface area contributed by atoms with Crippen molar-refractivity contribution in [1.29, 1.82) is 0 Å². The summed E-state index contributed by atoms with van der Waals surface area (Å²) in [5.41, 5.74) is 5.22. The van der Waals surface area contributed by atoms with Gasteiger partial charge in [0.2, 0.25) is 0 Å². The van der Waals surface area contributed by atoms with Crippen LogP contribution in [-0.2, 0) is 20.2 Å². The summed E-state index contributed by atoms with van der Waals surface area (Å²) in [5.74, 6) is 3.29. The molecule has 190 valence electrons. The van der Waals surface area contributed by atoms with E-state index in [1.807, 2.05) is 61.9 Å². The Labute approximate surface area is 223 Å². The number of aryl methyl sites for hydroxylation is 2. The van der Waals surface area contributed by atoms with E-state index in [4.69, 9.17) is 27.7 Å². The number of hydrogen-bond acceptors (Lipinski definition) is 5. The summed E-state index contributed by atoms with van der Waals surface area (Å²) in [6.07, 6.45) is 7.08. The molecule has 0 spiro atoms. The maximum atomic E-state index is 12.3. The van der Waals surface area contributed by atoms with Crippen molar-refractivity contribution in [1.82, 2.24) is 24.1 Å². The topological polar surface area (TPSA) is 94.8 Å². The fourth-order valence-corrected chi connectivity index (χ4v) is 4.81. The number of para-hydroxylation sites is 1. The molecule has 0 bridgehead atoms. The molecule has 0 amide bonds. The maximum Gasteiger partial charge on any atom is 0.328 e. The summed E-state index contributed by atoms with van der Waals surface area (Å²) >= 11 is 6.61. The monoisotopic (exact) mass is 525 g/mol. The molecule has 1 aromatic carbocycles. The lowest BCUT2D eigenvalue weighted by atomic mass is 10.0. The summed E-state index contributed by atoms with van der Waals surface area (Å²) in [6, 6.07) is 14.8. The molecule has 9 heteroatoms. The number of terminal acetylenes is 1. The van der Waals surface area contributed by atoms with Gasteiger partial charge in [-0.15, -0.1) is 6.42 Å². The third-order valence-electron chi connectivity index (χ3n) is 6.35. The summed E-state index contributed by atoms with van der Waals surface area (Å²) < 4.78 is 9.63. The number of halogens is 1. The number of rotatable bonds is 6. The van der Waals surface area contributed by atoms with Crippen molar-refractivity contribution in [2.75, 3.05) is 0 Å². The molecule has 0 atom stereocenters. The van der Waals surface area contributed by atoms with E-state index >= 15 is 0 Å².